The maximum absolute atomic E-state index is 12.8. The third-order valence-electron chi connectivity index (χ3n) is 5.15. The van der Waals surface area contributed by atoms with Gasteiger partial charge in [-0.15, -0.1) is 0 Å². The van der Waals surface area contributed by atoms with Crippen LogP contribution in [0.25, 0.3) is 0 Å². The number of aromatic nitrogens is 2. The molecule has 0 unspecified atom stereocenters. The van der Waals surface area contributed by atoms with Crippen molar-refractivity contribution in [1.29, 1.82) is 0 Å². The number of thioether (sulfide) groups is 2. The van der Waals surface area contributed by atoms with Gasteiger partial charge in [-0.3, -0.25) is 29.0 Å². The van der Waals surface area contributed by atoms with Crippen molar-refractivity contribution in [3.63, 3.8) is 0 Å². The third kappa shape index (κ3) is 7.53. The summed E-state index contributed by atoms with van der Waals surface area (Å²) < 4.78 is 5.14. The molecule has 36 heavy (non-hydrogen) atoms. The first kappa shape index (κ1) is 27.2. The van der Waals surface area contributed by atoms with Crippen LogP contribution in [-0.2, 0) is 9.59 Å². The number of hydrogen-bond acceptors (Lipinski definition) is 8. The van der Waals surface area contributed by atoms with E-state index in [-0.39, 0.29) is 27.9 Å². The molecule has 0 aliphatic carbocycles. The Morgan fingerprint density at radius 3 is 1.92 bits per heavy atom. The largest absolute Gasteiger partial charge is 0.305 e. The lowest BCUT2D eigenvalue weighted by molar-refractivity contribution is -0.747. The number of carbonyl (C=O) groups excluding carboxylic acids is 4. The van der Waals surface area contributed by atoms with Gasteiger partial charge >= 0.3 is 5.88 Å². The molecule has 3 aromatic rings. The van der Waals surface area contributed by atoms with Crippen molar-refractivity contribution >= 4 is 51.5 Å². The van der Waals surface area contributed by atoms with Gasteiger partial charge in [0.05, 0.1) is 17.8 Å². The first-order valence-electron chi connectivity index (χ1n) is 11.2. The van der Waals surface area contributed by atoms with E-state index in [1.807, 2.05) is 12.1 Å². The predicted octanol–water partition coefficient (Wildman–Crippen LogP) is 3.41. The number of amides is 2. The lowest BCUT2D eigenvalue weighted by Crippen LogP contribution is -2.61. The Bertz CT molecular complexity index is 1200. The Kier molecular flexibility index (Phi) is 9.83. The van der Waals surface area contributed by atoms with Gasteiger partial charge in [0, 0.05) is 28.6 Å². The molecule has 0 bridgehead atoms. The molecular formula is C25H27N4O5S2+. The molecular weight excluding hydrogens is 500 g/mol. The molecule has 2 atom stereocenters. The summed E-state index contributed by atoms with van der Waals surface area (Å²) in [6.45, 7) is 3.43. The molecule has 0 aliphatic rings. The highest BCUT2D eigenvalue weighted by molar-refractivity contribution is 8.14. The summed E-state index contributed by atoms with van der Waals surface area (Å²) in [5.74, 6) is -0.895. The van der Waals surface area contributed by atoms with Crippen molar-refractivity contribution in [2.24, 2.45) is 11.8 Å². The van der Waals surface area contributed by atoms with Crippen molar-refractivity contribution < 1.29 is 28.5 Å². The average Bonchev–Trinajstić information content (AvgIpc) is 3.38. The van der Waals surface area contributed by atoms with E-state index in [1.165, 1.54) is 23.0 Å². The molecule has 3 rings (SSSR count). The van der Waals surface area contributed by atoms with Crippen LogP contribution < -0.4 is 15.1 Å². The van der Waals surface area contributed by atoms with Gasteiger partial charge in [-0.05, 0) is 0 Å². The monoisotopic (exact) mass is 527 g/mol. The highest BCUT2D eigenvalue weighted by Crippen LogP contribution is 2.18. The van der Waals surface area contributed by atoms with E-state index in [1.54, 1.807) is 62.4 Å². The fourth-order valence-electron chi connectivity index (χ4n) is 2.96. The minimum Gasteiger partial charge on any atom is -0.289 e. The van der Waals surface area contributed by atoms with Gasteiger partial charge in [0.1, 0.15) is 0 Å². The summed E-state index contributed by atoms with van der Waals surface area (Å²) in [5, 5.41) is 7.43. The summed E-state index contributed by atoms with van der Waals surface area (Å²) in [6.07, 6.45) is 1.37. The maximum Gasteiger partial charge on any atom is 0.305 e. The molecule has 188 valence electrons. The SMILES string of the molecule is C[C@H](CSC(=O)c1ccccc1)C(=O)Nc1c[n+](N(C)C(=O)[C@H](C)CSC(=O)c2ccccc2)no1. The molecule has 11 heteroatoms. The van der Waals surface area contributed by atoms with Crippen LogP contribution in [0.3, 0.4) is 0 Å². The Morgan fingerprint density at radius 2 is 1.39 bits per heavy atom. The number of benzene rings is 2. The summed E-state index contributed by atoms with van der Waals surface area (Å²) in [6, 6.07) is 17.7. The number of anilines is 1. The topological polar surface area (TPSA) is 113 Å². The Balaban J connectivity index is 1.47. The lowest BCUT2D eigenvalue weighted by atomic mass is 10.2. The van der Waals surface area contributed by atoms with E-state index < -0.39 is 11.8 Å². The highest BCUT2D eigenvalue weighted by atomic mass is 32.2. The smallest absolute Gasteiger partial charge is 0.289 e. The van der Waals surface area contributed by atoms with Crippen LogP contribution in [0, 0.1) is 11.8 Å². The molecule has 0 fully saturated rings. The van der Waals surface area contributed by atoms with Crippen LogP contribution in [0.2, 0.25) is 0 Å². The van der Waals surface area contributed by atoms with Crippen LogP contribution in [0.1, 0.15) is 34.6 Å². The van der Waals surface area contributed by atoms with Crippen LogP contribution in [0.15, 0.2) is 71.4 Å². The molecule has 0 spiro atoms. The Labute approximate surface area is 217 Å². The zero-order valence-electron chi connectivity index (χ0n) is 20.1. The zero-order chi connectivity index (χ0) is 26.1. The second-order valence-electron chi connectivity index (χ2n) is 8.07. The highest BCUT2D eigenvalue weighted by Gasteiger charge is 2.29. The average molecular weight is 528 g/mol. The minimum absolute atomic E-state index is 0.0622. The van der Waals surface area contributed by atoms with Crippen molar-refractivity contribution in [2.75, 3.05) is 28.9 Å². The van der Waals surface area contributed by atoms with Gasteiger partial charge in [0.15, 0.2) is 0 Å². The minimum atomic E-state index is -0.472. The van der Waals surface area contributed by atoms with Crippen LogP contribution in [0.4, 0.5) is 5.88 Å². The summed E-state index contributed by atoms with van der Waals surface area (Å²) >= 11 is 2.15. The van der Waals surface area contributed by atoms with Gasteiger partial charge in [0.2, 0.25) is 21.4 Å². The van der Waals surface area contributed by atoms with Crippen molar-refractivity contribution in [3.05, 3.63) is 78.0 Å². The Hall–Kier alpha value is -3.44. The van der Waals surface area contributed by atoms with Crippen molar-refractivity contribution in [1.82, 2.24) is 5.27 Å². The predicted molar refractivity (Wildman–Crippen MR) is 139 cm³/mol. The molecule has 2 amide bonds. The van der Waals surface area contributed by atoms with Crippen molar-refractivity contribution in [2.45, 2.75) is 13.8 Å². The number of rotatable bonds is 10. The summed E-state index contributed by atoms with van der Waals surface area (Å²) in [5.41, 5.74) is 1.16. The first-order valence-corrected chi connectivity index (χ1v) is 13.1. The maximum atomic E-state index is 12.8. The van der Waals surface area contributed by atoms with E-state index in [0.29, 0.717) is 22.6 Å². The number of carbonyl (C=O) groups is 4. The van der Waals surface area contributed by atoms with Gasteiger partial charge in [-0.25, -0.2) is 0 Å². The second kappa shape index (κ2) is 13.0. The molecule has 2 aromatic carbocycles. The second-order valence-corrected chi connectivity index (χ2v) is 10.1. The number of nitrogens with one attached hydrogen (secondary N) is 1. The molecule has 1 N–H and O–H groups in total. The quantitative estimate of drug-likeness (QED) is 0.399. The van der Waals surface area contributed by atoms with E-state index in [0.717, 1.165) is 23.5 Å². The van der Waals surface area contributed by atoms with Crippen LogP contribution in [-0.4, -0.2) is 45.9 Å². The molecule has 0 saturated heterocycles. The molecule has 1 aromatic heterocycles. The van der Waals surface area contributed by atoms with E-state index >= 15 is 0 Å². The standard InChI is InChI=1S/C25H26N4O5S2/c1-17(15-35-24(32)19-10-6-4-7-11-19)22(30)26-21-14-29(27-34-21)28(3)23(31)18(2)16-36-25(33)20-12-8-5-9-13-20/h4-14,17-18H,15-16H2,1-3H3/p+1/t17-,18-/m1/s1. The fraction of sp³-hybridized carbons (Fsp3) is 0.280. The number of nitrogens with zero attached hydrogens (tertiary/aromatic N) is 3. The third-order valence-corrected chi connectivity index (χ3v) is 7.47. The van der Waals surface area contributed by atoms with E-state index in [4.69, 9.17) is 4.52 Å². The lowest BCUT2D eigenvalue weighted by Gasteiger charge is -2.12. The molecule has 1 heterocycles. The summed E-state index contributed by atoms with van der Waals surface area (Å²) in [4.78, 5) is 51.0. The van der Waals surface area contributed by atoms with Gasteiger partial charge in [-0.1, -0.05) is 103 Å². The van der Waals surface area contributed by atoms with Crippen LogP contribution in [0.5, 0.6) is 0 Å². The summed E-state index contributed by atoms with van der Waals surface area (Å²) in [7, 11) is 1.52. The first-order chi connectivity index (χ1) is 17.3. The van der Waals surface area contributed by atoms with Gasteiger partial charge < -0.3 is 0 Å². The van der Waals surface area contributed by atoms with E-state index in [2.05, 4.69) is 10.6 Å². The van der Waals surface area contributed by atoms with Crippen molar-refractivity contribution in [3.8, 4) is 0 Å². The Morgan fingerprint density at radius 1 is 0.889 bits per heavy atom. The fourth-order valence-corrected chi connectivity index (χ4v) is 4.66. The number of hydrogen-bond donors (Lipinski definition) is 1. The van der Waals surface area contributed by atoms with Crippen LogP contribution >= 0.6 is 23.5 Å². The molecule has 0 saturated carbocycles. The van der Waals surface area contributed by atoms with Gasteiger partial charge in [-0.2, -0.15) is 0 Å². The van der Waals surface area contributed by atoms with Gasteiger partial charge in [0.25, 0.3) is 12.1 Å². The molecule has 0 aliphatic heterocycles. The molecule has 0 radical (unpaired) electrons. The normalized spacial score (nSPS) is 12.4. The molecule has 9 nitrogen and oxygen atoms in total. The van der Waals surface area contributed by atoms with E-state index in [9.17, 15) is 19.2 Å². The zero-order valence-corrected chi connectivity index (χ0v) is 21.8.